The summed E-state index contributed by atoms with van der Waals surface area (Å²) in [5.74, 6) is -3.15. The predicted molar refractivity (Wildman–Crippen MR) is 91.1 cm³/mol. The van der Waals surface area contributed by atoms with Crippen LogP contribution in [0.4, 0.5) is 5.00 Å². The molecule has 7 heteroatoms. The molecular weight excluding hydrogens is 342 g/mol. The van der Waals surface area contributed by atoms with E-state index in [0.29, 0.717) is 10.6 Å². The molecule has 4 atom stereocenters. The molecule has 0 aliphatic heterocycles. The van der Waals surface area contributed by atoms with Crippen molar-refractivity contribution in [2.45, 2.75) is 39.0 Å². The lowest BCUT2D eigenvalue weighted by molar-refractivity contribution is -0.314. The number of methoxy groups -OCH3 is 1. The van der Waals surface area contributed by atoms with Gasteiger partial charge < -0.3 is 20.0 Å². The second kappa shape index (κ2) is 7.15. The van der Waals surface area contributed by atoms with Gasteiger partial charge in [-0.2, -0.15) is 0 Å². The van der Waals surface area contributed by atoms with Gasteiger partial charge in [-0.05, 0) is 43.6 Å². The maximum atomic E-state index is 12.8. The number of thiophene rings is 1. The van der Waals surface area contributed by atoms with Crippen LogP contribution in [0, 0.1) is 23.7 Å². The maximum Gasteiger partial charge on any atom is 0.340 e. The van der Waals surface area contributed by atoms with E-state index in [-0.39, 0.29) is 17.7 Å². The topological polar surface area (TPSA) is 95.5 Å². The van der Waals surface area contributed by atoms with Gasteiger partial charge in [0.2, 0.25) is 5.91 Å². The van der Waals surface area contributed by atoms with E-state index in [2.05, 4.69) is 5.32 Å². The molecule has 2 fully saturated rings. The Morgan fingerprint density at radius 3 is 2.56 bits per heavy atom. The van der Waals surface area contributed by atoms with Crippen LogP contribution in [0.25, 0.3) is 0 Å². The summed E-state index contributed by atoms with van der Waals surface area (Å²) < 4.78 is 4.80. The zero-order valence-electron chi connectivity index (χ0n) is 14.4. The van der Waals surface area contributed by atoms with Crippen molar-refractivity contribution < 1.29 is 24.2 Å². The SMILES string of the molecule is CCCc1cc(C(=O)OC)c(NC(=O)[C@@H]2[C@H]3CC[C@H](C3)[C@H]2C(=O)[O-])s1. The van der Waals surface area contributed by atoms with Crippen molar-refractivity contribution in [2.75, 3.05) is 12.4 Å². The van der Waals surface area contributed by atoms with Crippen LogP contribution >= 0.6 is 11.3 Å². The predicted octanol–water partition coefficient (Wildman–Crippen LogP) is 1.84. The maximum absolute atomic E-state index is 12.8. The van der Waals surface area contributed by atoms with Gasteiger partial charge in [-0.1, -0.05) is 13.3 Å². The third-order valence-corrected chi connectivity index (χ3v) is 6.52. The minimum atomic E-state index is -1.14. The molecule has 1 aromatic heterocycles. The number of anilines is 1. The molecule has 2 aliphatic carbocycles. The first-order valence-electron chi connectivity index (χ1n) is 8.69. The Balaban J connectivity index is 1.83. The highest BCUT2D eigenvalue weighted by Gasteiger charge is 2.51. The Morgan fingerprint density at radius 1 is 1.28 bits per heavy atom. The van der Waals surface area contributed by atoms with Crippen molar-refractivity contribution in [1.82, 2.24) is 0 Å². The fourth-order valence-electron chi connectivity index (χ4n) is 4.37. The van der Waals surface area contributed by atoms with E-state index in [1.165, 1.54) is 18.4 Å². The fraction of sp³-hybridized carbons (Fsp3) is 0.611. The molecule has 1 amide bonds. The summed E-state index contributed by atoms with van der Waals surface area (Å²) in [4.78, 5) is 37.3. The summed E-state index contributed by atoms with van der Waals surface area (Å²) in [7, 11) is 1.30. The Hall–Kier alpha value is -1.89. The van der Waals surface area contributed by atoms with Crippen LogP contribution in [0.1, 0.15) is 47.8 Å². The number of carbonyl (C=O) groups excluding carboxylic acids is 3. The normalized spacial score (nSPS) is 27.3. The van der Waals surface area contributed by atoms with Gasteiger partial charge in [0.05, 0.1) is 12.7 Å². The molecule has 0 unspecified atom stereocenters. The summed E-state index contributed by atoms with van der Waals surface area (Å²) in [5.41, 5.74) is 0.331. The molecule has 0 spiro atoms. The first-order valence-corrected chi connectivity index (χ1v) is 9.50. The Labute approximate surface area is 150 Å². The van der Waals surface area contributed by atoms with Gasteiger partial charge >= 0.3 is 5.97 Å². The smallest absolute Gasteiger partial charge is 0.340 e. The number of carbonyl (C=O) groups is 3. The molecule has 0 radical (unpaired) electrons. The third kappa shape index (κ3) is 3.29. The number of esters is 1. The lowest BCUT2D eigenvalue weighted by Gasteiger charge is -2.30. The molecule has 2 aliphatic rings. The fourth-order valence-corrected chi connectivity index (χ4v) is 5.52. The summed E-state index contributed by atoms with van der Waals surface area (Å²) >= 11 is 1.35. The van der Waals surface area contributed by atoms with Gasteiger partial charge in [0, 0.05) is 22.7 Å². The lowest BCUT2D eigenvalue weighted by atomic mass is 9.79. The number of amides is 1. The van der Waals surface area contributed by atoms with Crippen molar-refractivity contribution in [3.63, 3.8) is 0 Å². The molecule has 2 saturated carbocycles. The molecule has 0 aromatic carbocycles. The Bertz CT molecular complexity index is 698. The molecule has 1 N–H and O–H groups in total. The van der Waals surface area contributed by atoms with Crippen LogP contribution in [0.5, 0.6) is 0 Å². The molecule has 136 valence electrons. The van der Waals surface area contributed by atoms with Crippen molar-refractivity contribution in [2.24, 2.45) is 23.7 Å². The molecule has 0 saturated heterocycles. The molecular formula is C18H22NO5S-. The van der Waals surface area contributed by atoms with Gasteiger partial charge in [0.15, 0.2) is 0 Å². The van der Waals surface area contributed by atoms with Crippen molar-refractivity contribution in [3.05, 3.63) is 16.5 Å². The van der Waals surface area contributed by atoms with Crippen LogP contribution < -0.4 is 10.4 Å². The average Bonchev–Trinajstić information content (AvgIpc) is 3.28. The summed E-state index contributed by atoms with van der Waals surface area (Å²) in [6.07, 6.45) is 4.22. The first kappa shape index (κ1) is 17.9. The van der Waals surface area contributed by atoms with Crippen LogP contribution in [0.15, 0.2) is 6.07 Å². The highest BCUT2D eigenvalue weighted by molar-refractivity contribution is 7.16. The van der Waals surface area contributed by atoms with Gasteiger partial charge in [0.1, 0.15) is 5.00 Å². The van der Waals surface area contributed by atoms with E-state index < -0.39 is 23.8 Å². The first-order chi connectivity index (χ1) is 12.0. The van der Waals surface area contributed by atoms with E-state index in [4.69, 9.17) is 4.74 Å². The highest BCUT2D eigenvalue weighted by Crippen LogP contribution is 2.52. The van der Waals surface area contributed by atoms with Crippen molar-refractivity contribution >= 4 is 34.2 Å². The van der Waals surface area contributed by atoms with Crippen LogP contribution in [-0.2, 0) is 20.7 Å². The van der Waals surface area contributed by atoms with Gasteiger partial charge in [-0.25, -0.2) is 4.79 Å². The molecule has 6 nitrogen and oxygen atoms in total. The number of aliphatic carboxylic acids is 1. The Morgan fingerprint density at radius 2 is 1.96 bits per heavy atom. The number of hydrogen-bond donors (Lipinski definition) is 1. The number of rotatable bonds is 6. The second-order valence-electron chi connectivity index (χ2n) is 6.89. The lowest BCUT2D eigenvalue weighted by Crippen LogP contribution is -2.44. The summed E-state index contributed by atoms with van der Waals surface area (Å²) in [6, 6.07) is 1.74. The van der Waals surface area contributed by atoms with Crippen LogP contribution in [0.3, 0.4) is 0 Å². The van der Waals surface area contributed by atoms with Crippen LogP contribution in [0.2, 0.25) is 0 Å². The van der Waals surface area contributed by atoms with Crippen LogP contribution in [-0.4, -0.2) is 25.0 Å². The number of fused-ring (bicyclic) bond motifs is 2. The Kier molecular flexibility index (Phi) is 5.13. The van der Waals surface area contributed by atoms with Gasteiger partial charge in [-0.3, -0.25) is 4.79 Å². The molecule has 25 heavy (non-hydrogen) atoms. The van der Waals surface area contributed by atoms with Crippen molar-refractivity contribution in [3.8, 4) is 0 Å². The van der Waals surface area contributed by atoms with E-state index in [9.17, 15) is 19.5 Å². The number of carboxylic acid groups (broad SMARTS) is 1. The molecule has 3 rings (SSSR count). The summed E-state index contributed by atoms with van der Waals surface area (Å²) in [5, 5.41) is 14.8. The quantitative estimate of drug-likeness (QED) is 0.777. The number of aryl methyl sites for hydroxylation is 1. The zero-order chi connectivity index (χ0) is 18.1. The van der Waals surface area contributed by atoms with E-state index >= 15 is 0 Å². The monoisotopic (exact) mass is 364 g/mol. The highest BCUT2D eigenvalue weighted by atomic mass is 32.1. The average molecular weight is 364 g/mol. The summed E-state index contributed by atoms with van der Waals surface area (Å²) in [6.45, 7) is 2.04. The largest absolute Gasteiger partial charge is 0.550 e. The second-order valence-corrected chi connectivity index (χ2v) is 8.03. The number of ether oxygens (including phenoxy) is 1. The number of hydrogen-bond acceptors (Lipinski definition) is 6. The van der Waals surface area contributed by atoms with E-state index in [1.807, 2.05) is 6.92 Å². The number of carboxylic acids is 1. The third-order valence-electron chi connectivity index (χ3n) is 5.41. The molecule has 1 aromatic rings. The number of nitrogens with one attached hydrogen (secondary N) is 1. The zero-order valence-corrected chi connectivity index (χ0v) is 15.2. The minimum absolute atomic E-state index is 0.0322. The molecule has 1 heterocycles. The van der Waals surface area contributed by atoms with Gasteiger partial charge in [-0.15, -0.1) is 11.3 Å². The van der Waals surface area contributed by atoms with E-state index in [1.54, 1.807) is 6.07 Å². The molecule has 2 bridgehead atoms. The van der Waals surface area contributed by atoms with E-state index in [0.717, 1.165) is 37.0 Å². The standard InChI is InChI=1S/C18H23NO5S/c1-3-4-11-8-12(18(23)24-2)16(25-11)19-15(20)13-9-5-6-10(7-9)14(13)17(21)22/h8-10,13-14H,3-7H2,1-2H3,(H,19,20)(H,21,22)/p-1/t9-,10+,13+,14+/m0/s1. The van der Waals surface area contributed by atoms with Crippen molar-refractivity contribution in [1.29, 1.82) is 0 Å². The minimum Gasteiger partial charge on any atom is -0.550 e. The van der Waals surface area contributed by atoms with Gasteiger partial charge in [0.25, 0.3) is 0 Å².